The minimum atomic E-state index is -3.62. The minimum Gasteiger partial charge on any atom is -0.381 e. The predicted octanol–water partition coefficient (Wildman–Crippen LogP) is 0.214. The molecule has 1 aliphatic heterocycles. The lowest BCUT2D eigenvalue weighted by Crippen LogP contribution is -2.52. The number of sulfonamides is 1. The molecule has 1 aliphatic rings. The van der Waals surface area contributed by atoms with Crippen LogP contribution in [0.15, 0.2) is 29.2 Å². The molecule has 2 rings (SSSR count). The Balaban J connectivity index is 0.00000392. The molecule has 1 saturated heterocycles. The highest BCUT2D eigenvalue weighted by atomic mass is 35.5. The molecule has 0 spiro atoms. The number of carbonyl (C=O) groups excluding carboxylic acids is 2. The normalized spacial score (nSPS) is 17.1. The van der Waals surface area contributed by atoms with Crippen LogP contribution < -0.4 is 21.1 Å². The van der Waals surface area contributed by atoms with Crippen LogP contribution in [-0.2, 0) is 24.3 Å². The molecule has 5 N–H and O–H groups in total. The lowest BCUT2D eigenvalue weighted by Gasteiger charge is -2.27. The quantitative estimate of drug-likeness (QED) is 0.483. The number of benzene rings is 1. The second kappa shape index (κ2) is 10.7. The molecule has 0 aliphatic carbocycles. The Morgan fingerprint density at radius 1 is 1.21 bits per heavy atom. The summed E-state index contributed by atoms with van der Waals surface area (Å²) in [6.45, 7) is 2.69. The topological polar surface area (TPSA) is 140 Å². The lowest BCUT2D eigenvalue weighted by molar-refractivity contribution is -0.128. The van der Waals surface area contributed by atoms with Gasteiger partial charge in [-0.1, -0.05) is 6.07 Å². The number of nitrogens with two attached hydrogens (primary N) is 1. The third kappa shape index (κ3) is 6.42. The van der Waals surface area contributed by atoms with Crippen molar-refractivity contribution < 1.29 is 22.7 Å². The van der Waals surface area contributed by atoms with Crippen molar-refractivity contribution in [2.24, 2.45) is 11.7 Å². The van der Waals surface area contributed by atoms with E-state index in [9.17, 15) is 18.0 Å². The maximum atomic E-state index is 12.3. The summed E-state index contributed by atoms with van der Waals surface area (Å²) in [4.78, 5) is 24.6. The number of amides is 2. The van der Waals surface area contributed by atoms with E-state index in [1.165, 1.54) is 32.2 Å². The van der Waals surface area contributed by atoms with Crippen molar-refractivity contribution in [2.75, 3.05) is 25.6 Å². The fourth-order valence-corrected chi connectivity index (χ4v) is 3.55. The van der Waals surface area contributed by atoms with E-state index in [4.69, 9.17) is 10.5 Å². The van der Waals surface area contributed by atoms with Gasteiger partial charge in [0, 0.05) is 18.9 Å². The highest BCUT2D eigenvalue weighted by molar-refractivity contribution is 7.89. The van der Waals surface area contributed by atoms with Crippen molar-refractivity contribution in [1.29, 1.82) is 0 Å². The average molecular weight is 435 g/mol. The minimum absolute atomic E-state index is 0. The van der Waals surface area contributed by atoms with Gasteiger partial charge in [0.15, 0.2) is 0 Å². The van der Waals surface area contributed by atoms with Crippen LogP contribution >= 0.6 is 12.4 Å². The van der Waals surface area contributed by atoms with Gasteiger partial charge in [0.05, 0.1) is 10.9 Å². The Labute approximate surface area is 171 Å². The molecule has 2 unspecified atom stereocenters. The summed E-state index contributed by atoms with van der Waals surface area (Å²) in [7, 11) is -2.31. The van der Waals surface area contributed by atoms with Gasteiger partial charge in [-0.25, -0.2) is 13.1 Å². The summed E-state index contributed by atoms with van der Waals surface area (Å²) >= 11 is 0. The number of halogens is 1. The molecule has 2 amide bonds. The molecule has 0 aromatic heterocycles. The van der Waals surface area contributed by atoms with Crippen LogP contribution in [0.2, 0.25) is 0 Å². The van der Waals surface area contributed by atoms with Gasteiger partial charge in [-0.3, -0.25) is 9.59 Å². The summed E-state index contributed by atoms with van der Waals surface area (Å²) in [6, 6.07) is 4.31. The van der Waals surface area contributed by atoms with E-state index in [-0.39, 0.29) is 23.2 Å². The maximum Gasteiger partial charge on any atom is 0.246 e. The largest absolute Gasteiger partial charge is 0.381 e. The summed E-state index contributed by atoms with van der Waals surface area (Å²) in [5.41, 5.74) is 6.31. The number of carbonyl (C=O) groups is 2. The highest BCUT2D eigenvalue weighted by Gasteiger charge is 2.28. The van der Waals surface area contributed by atoms with Gasteiger partial charge in [0.25, 0.3) is 0 Å². The Hall–Kier alpha value is -1.72. The van der Waals surface area contributed by atoms with Crippen molar-refractivity contribution in [1.82, 2.24) is 10.0 Å². The lowest BCUT2D eigenvalue weighted by atomic mass is 9.91. The van der Waals surface area contributed by atoms with E-state index in [1.54, 1.807) is 6.07 Å². The average Bonchev–Trinajstić information content (AvgIpc) is 2.68. The van der Waals surface area contributed by atoms with E-state index >= 15 is 0 Å². The second-order valence-electron chi connectivity index (χ2n) is 6.43. The molecule has 1 fully saturated rings. The van der Waals surface area contributed by atoms with Crippen molar-refractivity contribution >= 4 is 39.9 Å². The Morgan fingerprint density at radius 2 is 1.86 bits per heavy atom. The molecule has 158 valence electrons. The van der Waals surface area contributed by atoms with E-state index in [2.05, 4.69) is 15.4 Å². The van der Waals surface area contributed by atoms with Gasteiger partial charge in [-0.15, -0.1) is 12.4 Å². The number of hydrogen-bond acceptors (Lipinski definition) is 6. The number of anilines is 1. The molecule has 1 aromatic carbocycles. The molecular formula is C17H27ClN4O5S. The third-order valence-electron chi connectivity index (χ3n) is 4.51. The Morgan fingerprint density at radius 3 is 2.46 bits per heavy atom. The second-order valence-corrected chi connectivity index (χ2v) is 8.32. The van der Waals surface area contributed by atoms with Gasteiger partial charge in [-0.2, -0.15) is 0 Å². The zero-order chi connectivity index (χ0) is 20.0. The van der Waals surface area contributed by atoms with Crippen molar-refractivity contribution in [2.45, 2.75) is 36.7 Å². The fourth-order valence-electron chi connectivity index (χ4n) is 2.77. The molecule has 11 heteroatoms. The third-order valence-corrected chi connectivity index (χ3v) is 5.92. The van der Waals surface area contributed by atoms with Crippen LogP contribution in [0, 0.1) is 5.92 Å². The molecule has 0 bridgehead atoms. The molecule has 0 radical (unpaired) electrons. The van der Waals surface area contributed by atoms with Gasteiger partial charge in [0.2, 0.25) is 21.8 Å². The van der Waals surface area contributed by atoms with Crippen LogP contribution in [0.3, 0.4) is 0 Å². The molecule has 28 heavy (non-hydrogen) atoms. The zero-order valence-corrected chi connectivity index (χ0v) is 17.4. The molecule has 2 atom stereocenters. The van der Waals surface area contributed by atoms with Crippen LogP contribution in [0.5, 0.6) is 0 Å². The van der Waals surface area contributed by atoms with Gasteiger partial charge in [0.1, 0.15) is 6.04 Å². The van der Waals surface area contributed by atoms with Crippen molar-refractivity contribution in [3.8, 4) is 0 Å². The zero-order valence-electron chi connectivity index (χ0n) is 15.8. The maximum absolute atomic E-state index is 12.3. The first kappa shape index (κ1) is 24.3. The van der Waals surface area contributed by atoms with Crippen molar-refractivity contribution in [3.63, 3.8) is 0 Å². The smallest absolute Gasteiger partial charge is 0.246 e. The standard InChI is InChI=1S/C17H26N4O5S.ClH/c1-11(20-17(23)15(18)12-6-8-26-9-7-12)16(22)21-13-4-3-5-14(10-13)27(24,25)19-2;/h3-5,10-12,15,19H,6-9,18H2,1-2H3,(H,20,23)(H,21,22);1H. The molecule has 0 saturated carbocycles. The number of hydrogen-bond donors (Lipinski definition) is 4. The van der Waals surface area contributed by atoms with E-state index < -0.39 is 33.9 Å². The first-order valence-corrected chi connectivity index (χ1v) is 10.2. The van der Waals surface area contributed by atoms with Crippen molar-refractivity contribution in [3.05, 3.63) is 24.3 Å². The van der Waals surface area contributed by atoms with Crippen LogP contribution in [0.1, 0.15) is 19.8 Å². The summed E-state index contributed by atoms with van der Waals surface area (Å²) in [5.74, 6) is -0.838. The van der Waals surface area contributed by atoms with E-state index in [1.807, 2.05) is 0 Å². The van der Waals surface area contributed by atoms with Crippen LogP contribution in [0.4, 0.5) is 5.69 Å². The Bertz CT molecular complexity index is 784. The molecular weight excluding hydrogens is 408 g/mol. The highest BCUT2D eigenvalue weighted by Crippen LogP contribution is 2.18. The van der Waals surface area contributed by atoms with E-state index in [0.717, 1.165) is 0 Å². The number of rotatable bonds is 7. The van der Waals surface area contributed by atoms with Crippen LogP contribution in [0.25, 0.3) is 0 Å². The summed E-state index contributed by atoms with van der Waals surface area (Å²) < 4.78 is 31.1. The molecule has 1 aromatic rings. The molecule has 1 heterocycles. The van der Waals surface area contributed by atoms with Gasteiger partial charge in [-0.05, 0) is 50.9 Å². The van der Waals surface area contributed by atoms with Gasteiger partial charge < -0.3 is 21.1 Å². The number of ether oxygens (including phenoxy) is 1. The van der Waals surface area contributed by atoms with Crippen LogP contribution in [-0.4, -0.2) is 52.6 Å². The Kier molecular flexibility index (Phi) is 9.31. The first-order chi connectivity index (χ1) is 12.7. The molecule has 9 nitrogen and oxygen atoms in total. The summed E-state index contributed by atoms with van der Waals surface area (Å²) in [6.07, 6.45) is 1.42. The SMILES string of the molecule is CNS(=O)(=O)c1cccc(NC(=O)C(C)NC(=O)C(N)C2CCOCC2)c1.Cl. The number of nitrogens with one attached hydrogen (secondary N) is 3. The predicted molar refractivity (Wildman–Crippen MR) is 108 cm³/mol. The van der Waals surface area contributed by atoms with E-state index in [0.29, 0.717) is 31.7 Å². The van der Waals surface area contributed by atoms with Gasteiger partial charge >= 0.3 is 0 Å². The first-order valence-electron chi connectivity index (χ1n) is 8.73. The fraction of sp³-hybridized carbons (Fsp3) is 0.529. The summed E-state index contributed by atoms with van der Waals surface area (Å²) in [5, 5.41) is 5.20. The monoisotopic (exact) mass is 434 g/mol.